The summed E-state index contributed by atoms with van der Waals surface area (Å²) in [6.07, 6.45) is -0.0162. The van der Waals surface area contributed by atoms with Crippen LogP contribution in [-0.4, -0.2) is 30.7 Å². The van der Waals surface area contributed by atoms with Crippen molar-refractivity contribution in [3.05, 3.63) is 34.6 Å². The summed E-state index contributed by atoms with van der Waals surface area (Å²) in [6.45, 7) is 1.76. The van der Waals surface area contributed by atoms with Crippen LogP contribution in [0.4, 0.5) is 4.39 Å². The number of guanidine groups is 1. The molecule has 0 fully saturated rings. The first-order valence-electron chi connectivity index (χ1n) is 5.82. The monoisotopic (exact) mass is 271 g/mol. The van der Waals surface area contributed by atoms with Gasteiger partial charge in [0.2, 0.25) is 0 Å². The van der Waals surface area contributed by atoms with E-state index in [1.54, 1.807) is 6.07 Å². The first kappa shape index (κ1) is 13.1. The summed E-state index contributed by atoms with van der Waals surface area (Å²) in [7, 11) is 0. The van der Waals surface area contributed by atoms with Crippen molar-refractivity contribution < 1.29 is 9.50 Å². The van der Waals surface area contributed by atoms with Gasteiger partial charge in [-0.3, -0.25) is 4.99 Å². The summed E-state index contributed by atoms with van der Waals surface area (Å²) >= 11 is 5.87. The van der Waals surface area contributed by atoms with Crippen LogP contribution in [0, 0.1) is 5.82 Å². The summed E-state index contributed by atoms with van der Waals surface area (Å²) in [5, 5.41) is 16.2. The minimum absolute atomic E-state index is 0.114. The number of aliphatic imine (C=N–C) groups is 1. The number of aliphatic hydroxyl groups is 1. The Bertz CT molecular complexity index is 433. The van der Waals surface area contributed by atoms with E-state index in [2.05, 4.69) is 15.6 Å². The molecule has 4 nitrogen and oxygen atoms in total. The van der Waals surface area contributed by atoms with Crippen LogP contribution in [0.1, 0.15) is 18.1 Å². The van der Waals surface area contributed by atoms with Gasteiger partial charge in [-0.25, -0.2) is 4.39 Å². The van der Waals surface area contributed by atoms with Gasteiger partial charge >= 0.3 is 0 Å². The highest BCUT2D eigenvalue weighted by molar-refractivity contribution is 6.31. The van der Waals surface area contributed by atoms with Crippen LogP contribution in [0.2, 0.25) is 5.02 Å². The third-order valence-electron chi connectivity index (χ3n) is 2.69. The maximum absolute atomic E-state index is 13.5. The molecule has 3 N–H and O–H groups in total. The molecule has 0 bridgehead atoms. The fraction of sp³-hybridized carbons (Fsp3) is 0.417. The van der Waals surface area contributed by atoms with Crippen LogP contribution in [0.3, 0.4) is 0 Å². The normalized spacial score (nSPS) is 16.7. The minimum atomic E-state index is -1.01. The van der Waals surface area contributed by atoms with Crippen molar-refractivity contribution in [2.75, 3.05) is 19.6 Å². The van der Waals surface area contributed by atoms with Crippen molar-refractivity contribution in [1.29, 1.82) is 0 Å². The molecule has 1 aromatic carbocycles. The van der Waals surface area contributed by atoms with E-state index < -0.39 is 11.9 Å². The lowest BCUT2D eigenvalue weighted by Crippen LogP contribution is -2.42. The highest BCUT2D eigenvalue weighted by atomic mass is 35.5. The second-order valence-electron chi connectivity index (χ2n) is 4.04. The van der Waals surface area contributed by atoms with Crippen LogP contribution >= 0.6 is 11.6 Å². The van der Waals surface area contributed by atoms with Gasteiger partial charge in [0.15, 0.2) is 5.96 Å². The molecule has 0 saturated carbocycles. The molecular weight excluding hydrogens is 257 g/mol. The lowest BCUT2D eigenvalue weighted by molar-refractivity contribution is 0.176. The van der Waals surface area contributed by atoms with Gasteiger partial charge in [0.05, 0.1) is 0 Å². The lowest BCUT2D eigenvalue weighted by Gasteiger charge is -2.19. The number of nitrogens with one attached hydrogen (secondary N) is 2. The summed E-state index contributed by atoms with van der Waals surface area (Å²) in [4.78, 5) is 4.20. The van der Waals surface area contributed by atoms with Crippen molar-refractivity contribution in [2.24, 2.45) is 4.99 Å². The van der Waals surface area contributed by atoms with Gasteiger partial charge in [-0.05, 0) is 18.6 Å². The van der Waals surface area contributed by atoms with Crippen molar-refractivity contribution in [2.45, 2.75) is 12.5 Å². The topological polar surface area (TPSA) is 56.6 Å². The van der Waals surface area contributed by atoms with E-state index in [-0.39, 0.29) is 17.1 Å². The Morgan fingerprint density at radius 1 is 1.56 bits per heavy atom. The molecule has 1 unspecified atom stereocenters. The van der Waals surface area contributed by atoms with Crippen LogP contribution in [0.25, 0.3) is 0 Å². The van der Waals surface area contributed by atoms with Crippen LogP contribution in [-0.2, 0) is 0 Å². The number of hydrogen-bond donors (Lipinski definition) is 3. The van der Waals surface area contributed by atoms with E-state index in [1.807, 2.05) is 0 Å². The van der Waals surface area contributed by atoms with Gasteiger partial charge in [0, 0.05) is 30.2 Å². The summed E-state index contributed by atoms with van der Waals surface area (Å²) in [6, 6.07) is 4.34. The molecule has 0 spiro atoms. The molecule has 0 aliphatic carbocycles. The van der Waals surface area contributed by atoms with E-state index in [9.17, 15) is 9.50 Å². The van der Waals surface area contributed by atoms with E-state index in [1.165, 1.54) is 12.1 Å². The zero-order chi connectivity index (χ0) is 13.0. The molecule has 6 heteroatoms. The van der Waals surface area contributed by atoms with E-state index in [0.717, 1.165) is 19.5 Å². The van der Waals surface area contributed by atoms with Gasteiger partial charge < -0.3 is 15.7 Å². The predicted octanol–water partition coefficient (Wildman–Crippen LogP) is 1.45. The van der Waals surface area contributed by atoms with Crippen LogP contribution in [0.15, 0.2) is 23.2 Å². The largest absolute Gasteiger partial charge is 0.386 e. The van der Waals surface area contributed by atoms with Crippen molar-refractivity contribution in [3.8, 4) is 0 Å². The first-order chi connectivity index (χ1) is 8.68. The van der Waals surface area contributed by atoms with Crippen molar-refractivity contribution >= 4 is 17.6 Å². The second kappa shape index (κ2) is 6.02. The molecule has 1 atom stereocenters. The molecule has 0 saturated heterocycles. The first-order valence-corrected chi connectivity index (χ1v) is 6.20. The average molecular weight is 272 g/mol. The summed E-state index contributed by atoms with van der Waals surface area (Å²) in [5.41, 5.74) is 0.114. The molecule has 1 aromatic rings. The quantitative estimate of drug-likeness (QED) is 0.780. The highest BCUT2D eigenvalue weighted by Crippen LogP contribution is 2.25. The maximum atomic E-state index is 13.5. The number of halogens is 2. The number of rotatable bonds is 3. The van der Waals surface area contributed by atoms with Gasteiger partial charge in [-0.2, -0.15) is 0 Å². The summed E-state index contributed by atoms with van der Waals surface area (Å²) < 4.78 is 13.5. The van der Waals surface area contributed by atoms with E-state index >= 15 is 0 Å². The molecule has 1 aliphatic heterocycles. The molecule has 0 amide bonds. The number of hydrogen-bond acceptors (Lipinski definition) is 4. The molecule has 2 rings (SSSR count). The van der Waals surface area contributed by atoms with E-state index in [0.29, 0.717) is 5.96 Å². The summed E-state index contributed by atoms with van der Waals surface area (Å²) in [5.74, 6) is 0.128. The minimum Gasteiger partial charge on any atom is -0.386 e. The molecule has 1 heterocycles. The SMILES string of the molecule is OC(CNC1=NCCCN1)c1c(F)cccc1Cl. The molecule has 1 aliphatic rings. The molecular formula is C12H15ClFN3O. The average Bonchev–Trinajstić information content (AvgIpc) is 2.37. The Labute approximate surface area is 110 Å². The Kier molecular flexibility index (Phi) is 4.38. The third kappa shape index (κ3) is 3.11. The van der Waals surface area contributed by atoms with Crippen LogP contribution in [0.5, 0.6) is 0 Å². The van der Waals surface area contributed by atoms with Gasteiger partial charge in [0.25, 0.3) is 0 Å². The smallest absolute Gasteiger partial charge is 0.191 e. The zero-order valence-corrected chi connectivity index (χ0v) is 10.5. The number of nitrogens with zero attached hydrogens (tertiary/aromatic N) is 1. The van der Waals surface area contributed by atoms with Crippen LogP contribution < -0.4 is 10.6 Å². The zero-order valence-electron chi connectivity index (χ0n) is 9.79. The standard InChI is InChI=1S/C12H15ClFN3O/c13-8-3-1-4-9(14)11(8)10(18)7-17-12-15-5-2-6-16-12/h1,3-4,10,18H,2,5-7H2,(H2,15,16,17). The van der Waals surface area contributed by atoms with Crippen molar-refractivity contribution in [1.82, 2.24) is 10.6 Å². The fourth-order valence-corrected chi connectivity index (χ4v) is 2.06. The lowest BCUT2D eigenvalue weighted by atomic mass is 10.1. The number of aliphatic hydroxyl groups excluding tert-OH is 1. The molecule has 18 heavy (non-hydrogen) atoms. The predicted molar refractivity (Wildman–Crippen MR) is 69.3 cm³/mol. The van der Waals surface area contributed by atoms with Crippen molar-refractivity contribution in [3.63, 3.8) is 0 Å². The molecule has 0 aromatic heterocycles. The molecule has 0 radical (unpaired) electrons. The van der Waals surface area contributed by atoms with Gasteiger partial charge in [0.1, 0.15) is 11.9 Å². The second-order valence-corrected chi connectivity index (χ2v) is 4.45. The highest BCUT2D eigenvalue weighted by Gasteiger charge is 2.17. The third-order valence-corrected chi connectivity index (χ3v) is 3.02. The van der Waals surface area contributed by atoms with E-state index in [4.69, 9.17) is 11.6 Å². The Morgan fingerprint density at radius 3 is 3.06 bits per heavy atom. The Morgan fingerprint density at radius 2 is 2.39 bits per heavy atom. The molecule has 98 valence electrons. The maximum Gasteiger partial charge on any atom is 0.191 e. The Balaban J connectivity index is 1.99. The van der Waals surface area contributed by atoms with Gasteiger partial charge in [-0.15, -0.1) is 0 Å². The van der Waals surface area contributed by atoms with Gasteiger partial charge in [-0.1, -0.05) is 17.7 Å². The fourth-order valence-electron chi connectivity index (χ4n) is 1.78. The Hall–Kier alpha value is -1.33. The number of benzene rings is 1.